The number of hydrogen-bond donors (Lipinski definition) is 1. The molecule has 2 amide bonds. The fraction of sp³-hybridized carbons (Fsp3) is 0.471. The van der Waals surface area contributed by atoms with Gasteiger partial charge in [0.25, 0.3) is 5.91 Å². The molecule has 0 bridgehead atoms. The van der Waals surface area contributed by atoms with Crippen LogP contribution in [0.5, 0.6) is 0 Å². The number of sulfone groups is 1. The van der Waals surface area contributed by atoms with Crippen molar-refractivity contribution < 1.29 is 27.5 Å². The second-order valence-electron chi connectivity index (χ2n) is 6.48. The summed E-state index contributed by atoms with van der Waals surface area (Å²) in [5.74, 6) is -1.28. The number of rotatable bonds is 5. The molecule has 146 valence electrons. The van der Waals surface area contributed by atoms with Gasteiger partial charge in [0.15, 0.2) is 15.9 Å². The molecular weight excluding hydrogens is 392 g/mol. The Kier molecular flexibility index (Phi) is 5.75. The number of nitrogens with zero attached hydrogens (tertiary/aromatic N) is 1. The molecule has 2 atom stereocenters. The molecule has 0 radical (unpaired) electrons. The number of hydrogen-bond acceptors (Lipinski definition) is 7. The van der Waals surface area contributed by atoms with Crippen molar-refractivity contribution in [3.8, 4) is 0 Å². The SMILES string of the molecule is C[C@H](OC(=O)CN1C(=O)CSc2ccccc21)C(=O)N[C@@H]1CCS(=O)(=O)C1. The molecule has 0 spiro atoms. The summed E-state index contributed by atoms with van der Waals surface area (Å²) in [6, 6.07) is 6.80. The maximum absolute atomic E-state index is 12.2. The first-order chi connectivity index (χ1) is 12.7. The minimum atomic E-state index is -3.11. The first-order valence-electron chi connectivity index (χ1n) is 8.47. The van der Waals surface area contributed by atoms with E-state index in [0.717, 1.165) is 4.90 Å². The molecule has 2 aliphatic heterocycles. The summed E-state index contributed by atoms with van der Waals surface area (Å²) < 4.78 is 28.0. The van der Waals surface area contributed by atoms with Gasteiger partial charge >= 0.3 is 5.97 Å². The van der Waals surface area contributed by atoms with Crippen molar-refractivity contribution in [1.82, 2.24) is 5.32 Å². The highest BCUT2D eigenvalue weighted by Gasteiger charge is 2.32. The van der Waals surface area contributed by atoms with Crippen LogP contribution in [0.25, 0.3) is 0 Å². The van der Waals surface area contributed by atoms with E-state index in [1.807, 2.05) is 12.1 Å². The van der Waals surface area contributed by atoms with E-state index in [9.17, 15) is 22.8 Å². The van der Waals surface area contributed by atoms with Crippen LogP contribution in [-0.4, -0.2) is 62.2 Å². The number of amides is 2. The number of nitrogens with one attached hydrogen (secondary N) is 1. The first kappa shape index (κ1) is 19.7. The van der Waals surface area contributed by atoms with E-state index in [4.69, 9.17) is 4.74 Å². The molecular formula is C17H20N2O6S2. The minimum absolute atomic E-state index is 0.0423. The van der Waals surface area contributed by atoms with E-state index in [2.05, 4.69) is 5.32 Å². The summed E-state index contributed by atoms with van der Waals surface area (Å²) >= 11 is 1.41. The zero-order chi connectivity index (χ0) is 19.6. The average Bonchev–Trinajstić information content (AvgIpc) is 2.95. The quantitative estimate of drug-likeness (QED) is 0.696. The Balaban J connectivity index is 1.56. The topological polar surface area (TPSA) is 110 Å². The van der Waals surface area contributed by atoms with Crippen molar-refractivity contribution in [2.75, 3.05) is 28.7 Å². The summed E-state index contributed by atoms with van der Waals surface area (Å²) in [6.45, 7) is 1.13. The van der Waals surface area contributed by atoms with Gasteiger partial charge in [0, 0.05) is 10.9 Å². The van der Waals surface area contributed by atoms with Gasteiger partial charge in [-0.15, -0.1) is 11.8 Å². The van der Waals surface area contributed by atoms with Crippen LogP contribution in [0, 0.1) is 0 Å². The molecule has 2 heterocycles. The molecule has 8 nitrogen and oxygen atoms in total. The van der Waals surface area contributed by atoms with E-state index in [1.54, 1.807) is 12.1 Å². The Morgan fingerprint density at radius 1 is 1.37 bits per heavy atom. The largest absolute Gasteiger partial charge is 0.451 e. The van der Waals surface area contributed by atoms with Gasteiger partial charge in [-0.3, -0.25) is 19.3 Å². The van der Waals surface area contributed by atoms with Gasteiger partial charge in [-0.25, -0.2) is 8.42 Å². The summed E-state index contributed by atoms with van der Waals surface area (Å²) in [5, 5.41) is 2.59. The van der Waals surface area contributed by atoms with E-state index in [0.29, 0.717) is 12.1 Å². The molecule has 1 fully saturated rings. The maximum Gasteiger partial charge on any atom is 0.326 e. The third-order valence-electron chi connectivity index (χ3n) is 4.35. The molecule has 27 heavy (non-hydrogen) atoms. The Morgan fingerprint density at radius 2 is 2.11 bits per heavy atom. The van der Waals surface area contributed by atoms with Crippen LogP contribution in [0.2, 0.25) is 0 Å². The number of anilines is 1. The summed E-state index contributed by atoms with van der Waals surface area (Å²) in [4.78, 5) is 38.8. The van der Waals surface area contributed by atoms with Crippen LogP contribution in [-0.2, 0) is 29.0 Å². The van der Waals surface area contributed by atoms with E-state index < -0.39 is 33.9 Å². The Hall–Kier alpha value is -2.07. The third-order valence-corrected chi connectivity index (χ3v) is 7.17. The van der Waals surface area contributed by atoms with Crippen molar-refractivity contribution in [3.05, 3.63) is 24.3 Å². The van der Waals surface area contributed by atoms with Crippen molar-refractivity contribution in [3.63, 3.8) is 0 Å². The highest BCUT2D eigenvalue weighted by Crippen LogP contribution is 2.34. The van der Waals surface area contributed by atoms with Gasteiger partial charge in [0.05, 0.1) is 22.9 Å². The number of carbonyl (C=O) groups excluding carboxylic acids is 3. The van der Waals surface area contributed by atoms with Crippen molar-refractivity contribution in [1.29, 1.82) is 0 Å². The second-order valence-corrected chi connectivity index (χ2v) is 9.72. The molecule has 0 aliphatic carbocycles. The number of benzene rings is 1. The van der Waals surface area contributed by atoms with Gasteiger partial charge in [0.1, 0.15) is 6.54 Å². The van der Waals surface area contributed by atoms with Crippen molar-refractivity contribution in [2.24, 2.45) is 0 Å². The molecule has 3 rings (SSSR count). The number of fused-ring (bicyclic) bond motifs is 1. The average molecular weight is 412 g/mol. The van der Waals surface area contributed by atoms with Crippen LogP contribution in [0.15, 0.2) is 29.2 Å². The maximum atomic E-state index is 12.2. The third kappa shape index (κ3) is 4.81. The monoisotopic (exact) mass is 412 g/mol. The number of thioether (sulfide) groups is 1. The highest BCUT2D eigenvalue weighted by molar-refractivity contribution is 8.00. The van der Waals surface area contributed by atoms with E-state index in [-0.39, 0.29) is 29.7 Å². The van der Waals surface area contributed by atoms with Crippen LogP contribution < -0.4 is 10.2 Å². The fourth-order valence-corrected chi connectivity index (χ4v) is 5.58. The van der Waals surface area contributed by atoms with Gasteiger partial charge < -0.3 is 10.1 Å². The molecule has 1 saturated heterocycles. The standard InChI is InChI=1S/C17H20N2O6S2/c1-11(17(22)18-12-6-7-27(23,24)10-12)25-16(21)8-19-13-4-2-3-5-14(13)26-9-15(19)20/h2-5,11-12H,6-10H2,1H3,(H,18,22)/t11-,12+/m0/s1. The smallest absolute Gasteiger partial charge is 0.326 e. The van der Waals surface area contributed by atoms with Crippen LogP contribution in [0.3, 0.4) is 0 Å². The molecule has 0 saturated carbocycles. The zero-order valence-corrected chi connectivity index (χ0v) is 16.3. The lowest BCUT2D eigenvalue weighted by Gasteiger charge is -2.28. The summed E-state index contributed by atoms with van der Waals surface area (Å²) in [6.07, 6.45) is -0.726. The Labute approximate surface area is 161 Å². The molecule has 1 aromatic carbocycles. The number of ether oxygens (including phenoxy) is 1. The van der Waals surface area contributed by atoms with E-state index in [1.165, 1.54) is 23.6 Å². The lowest BCUT2D eigenvalue weighted by molar-refractivity contribution is -0.154. The van der Waals surface area contributed by atoms with Gasteiger partial charge in [0.2, 0.25) is 5.91 Å². The Morgan fingerprint density at radius 3 is 2.81 bits per heavy atom. The van der Waals surface area contributed by atoms with Crippen molar-refractivity contribution >= 4 is 45.1 Å². The molecule has 10 heteroatoms. The van der Waals surface area contributed by atoms with Crippen LogP contribution in [0.1, 0.15) is 13.3 Å². The first-order valence-corrected chi connectivity index (χ1v) is 11.3. The van der Waals surface area contributed by atoms with Crippen LogP contribution >= 0.6 is 11.8 Å². The van der Waals surface area contributed by atoms with Crippen molar-refractivity contribution in [2.45, 2.75) is 30.4 Å². The number of carbonyl (C=O) groups is 3. The summed E-state index contributed by atoms with van der Waals surface area (Å²) in [7, 11) is -3.11. The molecule has 1 aromatic rings. The fourth-order valence-electron chi connectivity index (χ4n) is 2.97. The Bertz CT molecular complexity index is 870. The predicted molar refractivity (Wildman–Crippen MR) is 100 cm³/mol. The van der Waals surface area contributed by atoms with Crippen LogP contribution in [0.4, 0.5) is 5.69 Å². The number of para-hydroxylation sites is 1. The zero-order valence-electron chi connectivity index (χ0n) is 14.7. The summed E-state index contributed by atoms with van der Waals surface area (Å²) in [5.41, 5.74) is 0.643. The lowest BCUT2D eigenvalue weighted by atomic mass is 10.2. The van der Waals surface area contributed by atoms with Gasteiger partial charge in [-0.05, 0) is 25.5 Å². The molecule has 1 N–H and O–H groups in total. The van der Waals surface area contributed by atoms with E-state index >= 15 is 0 Å². The second kappa shape index (κ2) is 7.89. The molecule has 0 aromatic heterocycles. The predicted octanol–water partition coefficient (Wildman–Crippen LogP) is 0.360. The van der Waals surface area contributed by atoms with Gasteiger partial charge in [-0.2, -0.15) is 0 Å². The number of esters is 1. The normalized spacial score (nSPS) is 22.0. The minimum Gasteiger partial charge on any atom is -0.451 e. The van der Waals surface area contributed by atoms with Gasteiger partial charge in [-0.1, -0.05) is 12.1 Å². The highest BCUT2D eigenvalue weighted by atomic mass is 32.2. The molecule has 0 unspecified atom stereocenters. The molecule has 2 aliphatic rings. The lowest BCUT2D eigenvalue weighted by Crippen LogP contribution is -2.45.